The van der Waals surface area contributed by atoms with Crippen molar-refractivity contribution in [2.75, 3.05) is 31.5 Å². The maximum absolute atomic E-state index is 11.9. The Morgan fingerprint density at radius 1 is 1.40 bits per heavy atom. The molecule has 8 nitrogen and oxygen atoms in total. The SMILES string of the molecule is Cc1cc(NC(=O)CC(=O)N2CCN(C=O)CC2)no1. The van der Waals surface area contributed by atoms with Crippen molar-refractivity contribution in [2.24, 2.45) is 0 Å². The van der Waals surface area contributed by atoms with E-state index in [0.29, 0.717) is 37.8 Å². The first-order valence-corrected chi connectivity index (χ1v) is 6.29. The average Bonchev–Trinajstić information content (AvgIpc) is 2.84. The van der Waals surface area contributed by atoms with E-state index in [9.17, 15) is 14.4 Å². The highest BCUT2D eigenvalue weighted by molar-refractivity contribution is 6.03. The Morgan fingerprint density at radius 3 is 2.65 bits per heavy atom. The van der Waals surface area contributed by atoms with Gasteiger partial charge in [0.1, 0.15) is 12.2 Å². The lowest BCUT2D eigenvalue weighted by Gasteiger charge is -2.32. The maximum Gasteiger partial charge on any atom is 0.235 e. The van der Waals surface area contributed by atoms with Crippen LogP contribution in [-0.2, 0) is 14.4 Å². The predicted molar refractivity (Wildman–Crippen MR) is 68.7 cm³/mol. The fraction of sp³-hybridized carbons (Fsp3) is 0.500. The summed E-state index contributed by atoms with van der Waals surface area (Å²) in [6.07, 6.45) is 0.522. The molecule has 0 saturated carbocycles. The summed E-state index contributed by atoms with van der Waals surface area (Å²) in [6, 6.07) is 1.57. The number of carbonyl (C=O) groups is 3. The molecule has 0 unspecified atom stereocenters. The third-order valence-electron chi connectivity index (χ3n) is 3.02. The van der Waals surface area contributed by atoms with E-state index in [0.717, 1.165) is 6.41 Å². The molecule has 1 aromatic rings. The molecule has 1 aliphatic rings. The van der Waals surface area contributed by atoms with Gasteiger partial charge in [-0.25, -0.2) is 0 Å². The smallest absolute Gasteiger partial charge is 0.235 e. The van der Waals surface area contributed by atoms with Gasteiger partial charge >= 0.3 is 0 Å². The van der Waals surface area contributed by atoms with E-state index >= 15 is 0 Å². The standard InChI is InChI=1S/C12H16N4O4/c1-9-6-10(14-20-9)13-11(18)7-12(19)16-4-2-15(8-17)3-5-16/h6,8H,2-5,7H2,1H3,(H,13,14,18). The molecule has 1 fully saturated rings. The molecule has 0 radical (unpaired) electrons. The molecule has 0 aromatic carbocycles. The van der Waals surface area contributed by atoms with Crippen molar-refractivity contribution in [2.45, 2.75) is 13.3 Å². The summed E-state index contributed by atoms with van der Waals surface area (Å²) >= 11 is 0. The van der Waals surface area contributed by atoms with Crippen LogP contribution in [-0.4, -0.2) is 59.4 Å². The van der Waals surface area contributed by atoms with Crippen molar-refractivity contribution in [1.82, 2.24) is 15.0 Å². The number of aromatic nitrogens is 1. The monoisotopic (exact) mass is 280 g/mol. The second kappa shape index (κ2) is 6.18. The Kier molecular flexibility index (Phi) is 4.34. The first-order chi connectivity index (χ1) is 9.58. The minimum atomic E-state index is -0.430. The number of nitrogens with one attached hydrogen (secondary N) is 1. The largest absolute Gasteiger partial charge is 0.360 e. The normalized spacial score (nSPS) is 15.1. The number of aryl methyl sites for hydroxylation is 1. The molecule has 1 saturated heterocycles. The summed E-state index contributed by atoms with van der Waals surface area (Å²) in [5.41, 5.74) is 0. The molecule has 0 atom stereocenters. The highest BCUT2D eigenvalue weighted by Gasteiger charge is 2.22. The van der Waals surface area contributed by atoms with Gasteiger partial charge < -0.3 is 19.6 Å². The minimum absolute atomic E-state index is 0.243. The van der Waals surface area contributed by atoms with Crippen LogP contribution in [0.4, 0.5) is 5.82 Å². The van der Waals surface area contributed by atoms with Crippen LogP contribution in [0.25, 0.3) is 0 Å². The number of rotatable bonds is 4. The number of hydrogen-bond acceptors (Lipinski definition) is 5. The first-order valence-electron chi connectivity index (χ1n) is 6.29. The Balaban J connectivity index is 1.79. The van der Waals surface area contributed by atoms with Crippen molar-refractivity contribution in [3.05, 3.63) is 11.8 Å². The van der Waals surface area contributed by atoms with E-state index in [1.807, 2.05) is 0 Å². The number of hydrogen-bond donors (Lipinski definition) is 1. The van der Waals surface area contributed by atoms with Crippen molar-refractivity contribution >= 4 is 24.0 Å². The maximum atomic E-state index is 11.9. The lowest BCUT2D eigenvalue weighted by atomic mass is 10.2. The lowest BCUT2D eigenvalue weighted by molar-refractivity contribution is -0.137. The van der Waals surface area contributed by atoms with Crippen LogP contribution in [0.3, 0.4) is 0 Å². The summed E-state index contributed by atoms with van der Waals surface area (Å²) < 4.78 is 4.81. The Labute approximate surface area is 115 Å². The molecule has 1 N–H and O–H groups in total. The Hall–Kier alpha value is -2.38. The van der Waals surface area contributed by atoms with Gasteiger partial charge in [0, 0.05) is 32.2 Å². The predicted octanol–water partition coefficient (Wildman–Crippen LogP) is -0.388. The van der Waals surface area contributed by atoms with Gasteiger partial charge in [-0.1, -0.05) is 5.16 Å². The molecule has 0 aliphatic carbocycles. The van der Waals surface area contributed by atoms with Gasteiger partial charge in [-0.2, -0.15) is 0 Å². The van der Waals surface area contributed by atoms with Crippen LogP contribution in [0.2, 0.25) is 0 Å². The molecule has 1 aromatic heterocycles. The zero-order chi connectivity index (χ0) is 14.5. The van der Waals surface area contributed by atoms with Gasteiger partial charge in [-0.15, -0.1) is 0 Å². The average molecular weight is 280 g/mol. The summed E-state index contributed by atoms with van der Waals surface area (Å²) in [7, 11) is 0. The van der Waals surface area contributed by atoms with Crippen molar-refractivity contribution < 1.29 is 18.9 Å². The molecule has 3 amide bonds. The van der Waals surface area contributed by atoms with Gasteiger partial charge in [-0.05, 0) is 6.92 Å². The quantitative estimate of drug-likeness (QED) is 0.598. The summed E-state index contributed by atoms with van der Waals surface area (Å²) in [5, 5.41) is 6.11. The van der Waals surface area contributed by atoms with Crippen LogP contribution in [0.1, 0.15) is 12.2 Å². The molecule has 0 bridgehead atoms. The van der Waals surface area contributed by atoms with Crippen LogP contribution >= 0.6 is 0 Å². The number of amides is 3. The molecule has 108 valence electrons. The van der Waals surface area contributed by atoms with Crippen molar-refractivity contribution in [3.63, 3.8) is 0 Å². The molecule has 20 heavy (non-hydrogen) atoms. The number of anilines is 1. The van der Waals surface area contributed by atoms with E-state index in [1.165, 1.54) is 0 Å². The van der Waals surface area contributed by atoms with Crippen LogP contribution in [0.15, 0.2) is 10.6 Å². The molecule has 8 heteroatoms. The van der Waals surface area contributed by atoms with Crippen LogP contribution in [0, 0.1) is 6.92 Å². The third-order valence-corrected chi connectivity index (χ3v) is 3.02. The molecular formula is C12H16N4O4. The van der Waals surface area contributed by atoms with Gasteiger partial charge in [0.2, 0.25) is 18.2 Å². The topological polar surface area (TPSA) is 95.8 Å². The second-order valence-corrected chi connectivity index (χ2v) is 4.57. The summed E-state index contributed by atoms with van der Waals surface area (Å²) in [5.74, 6) is 0.192. The highest BCUT2D eigenvalue weighted by Crippen LogP contribution is 2.08. The van der Waals surface area contributed by atoms with Crippen LogP contribution in [0.5, 0.6) is 0 Å². The minimum Gasteiger partial charge on any atom is -0.360 e. The number of piperazine rings is 1. The Morgan fingerprint density at radius 2 is 2.10 bits per heavy atom. The fourth-order valence-corrected chi connectivity index (χ4v) is 1.94. The third kappa shape index (κ3) is 3.56. The molecule has 2 heterocycles. The highest BCUT2D eigenvalue weighted by atomic mass is 16.5. The molecule has 0 spiro atoms. The number of nitrogens with zero attached hydrogens (tertiary/aromatic N) is 3. The van der Waals surface area contributed by atoms with E-state index < -0.39 is 5.91 Å². The van der Waals surface area contributed by atoms with E-state index in [2.05, 4.69) is 10.5 Å². The fourth-order valence-electron chi connectivity index (χ4n) is 1.94. The molecule has 2 rings (SSSR count). The van der Waals surface area contributed by atoms with E-state index in [4.69, 9.17) is 4.52 Å². The Bertz CT molecular complexity index is 505. The zero-order valence-corrected chi connectivity index (χ0v) is 11.2. The van der Waals surface area contributed by atoms with Crippen LogP contribution < -0.4 is 5.32 Å². The number of carbonyl (C=O) groups excluding carboxylic acids is 3. The van der Waals surface area contributed by atoms with Crippen molar-refractivity contribution in [3.8, 4) is 0 Å². The molecule has 1 aliphatic heterocycles. The van der Waals surface area contributed by atoms with Gasteiger partial charge in [0.05, 0.1) is 0 Å². The summed E-state index contributed by atoms with van der Waals surface area (Å²) in [6.45, 7) is 3.61. The summed E-state index contributed by atoms with van der Waals surface area (Å²) in [4.78, 5) is 37.3. The molecular weight excluding hydrogens is 264 g/mol. The first kappa shape index (κ1) is 14.0. The zero-order valence-electron chi connectivity index (χ0n) is 11.2. The van der Waals surface area contributed by atoms with E-state index in [1.54, 1.807) is 22.8 Å². The second-order valence-electron chi connectivity index (χ2n) is 4.57. The van der Waals surface area contributed by atoms with E-state index in [-0.39, 0.29) is 12.3 Å². The van der Waals surface area contributed by atoms with Gasteiger partial charge in [-0.3, -0.25) is 14.4 Å². The van der Waals surface area contributed by atoms with Crippen molar-refractivity contribution in [1.29, 1.82) is 0 Å². The van der Waals surface area contributed by atoms with Gasteiger partial charge in [0.15, 0.2) is 5.82 Å². The lowest BCUT2D eigenvalue weighted by Crippen LogP contribution is -2.48. The van der Waals surface area contributed by atoms with Gasteiger partial charge in [0.25, 0.3) is 0 Å².